The smallest absolute Gasteiger partial charge is 0.147 e. The van der Waals surface area contributed by atoms with Crippen molar-refractivity contribution in [3.05, 3.63) is 69.5 Å². The zero-order valence-electron chi connectivity index (χ0n) is 16.0. The molecule has 0 radical (unpaired) electrons. The van der Waals surface area contributed by atoms with Gasteiger partial charge in [-0.3, -0.25) is 4.90 Å². The van der Waals surface area contributed by atoms with Gasteiger partial charge >= 0.3 is 0 Å². The van der Waals surface area contributed by atoms with E-state index in [-0.39, 0.29) is 4.90 Å². The van der Waals surface area contributed by atoms with Crippen LogP contribution >= 0.6 is 23.3 Å². The minimum atomic E-state index is -0.606. The van der Waals surface area contributed by atoms with E-state index >= 15 is 0 Å². The van der Waals surface area contributed by atoms with E-state index in [1.54, 1.807) is 10.9 Å². The molecule has 0 bridgehead atoms. The van der Waals surface area contributed by atoms with Crippen LogP contribution in [0.25, 0.3) is 0 Å². The molecule has 4 rings (SSSR count). The van der Waals surface area contributed by atoms with Gasteiger partial charge in [-0.2, -0.15) is 0 Å². The second kappa shape index (κ2) is 9.11. The van der Waals surface area contributed by atoms with Crippen molar-refractivity contribution in [3.8, 4) is 0 Å². The van der Waals surface area contributed by atoms with Crippen molar-refractivity contribution in [2.45, 2.75) is 31.3 Å². The van der Waals surface area contributed by atoms with E-state index in [0.717, 1.165) is 31.6 Å². The third-order valence-corrected chi connectivity index (χ3v) is 6.50. The molecule has 2 heterocycles. The fourth-order valence-corrected chi connectivity index (χ4v) is 4.45. The van der Waals surface area contributed by atoms with Crippen LogP contribution in [0.3, 0.4) is 0 Å². The van der Waals surface area contributed by atoms with Crippen molar-refractivity contribution in [2.24, 2.45) is 0 Å². The minimum Gasteiger partial charge on any atom is -0.381 e. The molecule has 0 saturated carbocycles. The molecule has 29 heavy (non-hydrogen) atoms. The fraction of sp³-hybridized carbons (Fsp3) is 0.286. The van der Waals surface area contributed by atoms with E-state index in [0.29, 0.717) is 18.1 Å². The Kier molecular flexibility index (Phi) is 6.32. The van der Waals surface area contributed by atoms with Gasteiger partial charge in [0.05, 0.1) is 5.51 Å². The number of nitrogens with zero attached hydrogens (tertiary/aromatic N) is 2. The summed E-state index contributed by atoms with van der Waals surface area (Å²) in [6, 6.07) is 8.94. The molecule has 1 aliphatic heterocycles. The van der Waals surface area contributed by atoms with Gasteiger partial charge in [-0.15, -0.1) is 11.3 Å². The first kappa shape index (κ1) is 20.1. The summed E-state index contributed by atoms with van der Waals surface area (Å²) < 4.78 is 31.8. The lowest BCUT2D eigenvalue weighted by molar-refractivity contribution is 0.172. The quantitative estimate of drug-likeness (QED) is 0.449. The second-order valence-corrected chi connectivity index (χ2v) is 8.58. The Hall–Kier alpha value is -2.16. The zero-order valence-corrected chi connectivity index (χ0v) is 17.7. The van der Waals surface area contributed by atoms with Crippen LogP contribution in [0, 0.1) is 18.6 Å². The molecule has 152 valence electrons. The fourth-order valence-electron chi connectivity index (χ4n) is 3.26. The third kappa shape index (κ3) is 4.88. The Morgan fingerprint density at radius 3 is 2.66 bits per heavy atom. The lowest BCUT2D eigenvalue weighted by Gasteiger charge is -2.31. The van der Waals surface area contributed by atoms with E-state index in [4.69, 9.17) is 0 Å². The number of nitrogens with one attached hydrogen (secondary N) is 2. The highest BCUT2D eigenvalue weighted by Crippen LogP contribution is 2.29. The summed E-state index contributed by atoms with van der Waals surface area (Å²) in [5.41, 5.74) is 5.71. The lowest BCUT2D eigenvalue weighted by atomic mass is 10.00. The van der Waals surface area contributed by atoms with Crippen molar-refractivity contribution in [3.63, 3.8) is 0 Å². The number of hydrogen-bond donors (Lipinski definition) is 2. The van der Waals surface area contributed by atoms with Crippen LogP contribution in [-0.2, 0) is 13.1 Å². The van der Waals surface area contributed by atoms with Crippen molar-refractivity contribution < 1.29 is 8.78 Å². The molecule has 0 atom stereocenters. The van der Waals surface area contributed by atoms with Gasteiger partial charge in [0.15, 0.2) is 0 Å². The van der Waals surface area contributed by atoms with Crippen LogP contribution in [0.1, 0.15) is 23.1 Å². The van der Waals surface area contributed by atoms with Gasteiger partial charge < -0.3 is 10.0 Å². The summed E-state index contributed by atoms with van der Waals surface area (Å²) in [4.78, 5) is 6.37. The Morgan fingerprint density at radius 1 is 1.21 bits per heavy atom. The molecule has 0 aliphatic carbocycles. The zero-order chi connectivity index (χ0) is 20.2. The van der Waals surface area contributed by atoms with Gasteiger partial charge in [-0.1, -0.05) is 18.2 Å². The first-order valence-electron chi connectivity index (χ1n) is 9.44. The highest BCUT2D eigenvalue weighted by molar-refractivity contribution is 8.00. The number of aryl methyl sites for hydroxylation is 1. The van der Waals surface area contributed by atoms with Crippen LogP contribution in [0.5, 0.6) is 0 Å². The Labute approximate surface area is 177 Å². The van der Waals surface area contributed by atoms with Crippen LogP contribution < -0.4 is 10.0 Å². The van der Waals surface area contributed by atoms with Crippen LogP contribution in [0.15, 0.2) is 46.1 Å². The molecule has 0 amide bonds. The Balaban J connectivity index is 1.45. The topological polar surface area (TPSA) is 40.2 Å². The van der Waals surface area contributed by atoms with E-state index < -0.39 is 11.6 Å². The van der Waals surface area contributed by atoms with E-state index in [1.807, 2.05) is 0 Å². The maximum atomic E-state index is 14.5. The number of halogens is 2. The molecule has 8 heteroatoms. The monoisotopic (exact) mass is 432 g/mol. The maximum Gasteiger partial charge on any atom is 0.147 e. The Bertz CT molecular complexity index is 952. The molecule has 3 aromatic rings. The molecule has 1 aromatic heterocycles. The number of hydrogen-bond acceptors (Lipinski definition) is 6. The van der Waals surface area contributed by atoms with Gasteiger partial charge in [0.25, 0.3) is 0 Å². The predicted octanol–water partition coefficient (Wildman–Crippen LogP) is 5.67. The SMILES string of the molecule is Cc1cccc(CN2CCC2)c1CNc1cc(F)c(SNc2cscn2)c(F)c1. The molecule has 1 fully saturated rings. The van der Waals surface area contributed by atoms with Crippen molar-refractivity contribution in [1.82, 2.24) is 9.88 Å². The first-order chi connectivity index (χ1) is 14.1. The standard InChI is InChI=1S/C21H22F2N4S2/c1-14-4-2-5-15(11-27-6-3-7-27)17(14)10-24-16-8-18(22)21(19(23)9-16)29-26-20-12-28-13-25-20/h2,4-5,8-9,12-13,24,26H,3,6-7,10-11H2,1H3. The van der Waals surface area contributed by atoms with Crippen LogP contribution in [0.4, 0.5) is 20.3 Å². The summed E-state index contributed by atoms with van der Waals surface area (Å²) in [5.74, 6) is -0.632. The lowest BCUT2D eigenvalue weighted by Crippen LogP contribution is -2.36. The molecule has 1 saturated heterocycles. The maximum absolute atomic E-state index is 14.5. The van der Waals surface area contributed by atoms with Gasteiger partial charge in [-0.25, -0.2) is 13.8 Å². The predicted molar refractivity (Wildman–Crippen MR) is 116 cm³/mol. The Morgan fingerprint density at radius 2 is 2.00 bits per heavy atom. The van der Waals surface area contributed by atoms with E-state index in [1.165, 1.54) is 46.6 Å². The average molecular weight is 433 g/mol. The highest BCUT2D eigenvalue weighted by atomic mass is 32.2. The molecule has 4 nitrogen and oxygen atoms in total. The largest absolute Gasteiger partial charge is 0.381 e. The van der Waals surface area contributed by atoms with Crippen molar-refractivity contribution in [2.75, 3.05) is 23.1 Å². The normalized spacial score (nSPS) is 13.9. The summed E-state index contributed by atoms with van der Waals surface area (Å²) in [5, 5.41) is 4.97. The van der Waals surface area contributed by atoms with Gasteiger partial charge in [-0.05, 0) is 67.2 Å². The minimum absolute atomic E-state index is 0.0714. The number of aromatic nitrogens is 1. The first-order valence-corrected chi connectivity index (χ1v) is 11.2. The molecular weight excluding hydrogens is 410 g/mol. The summed E-state index contributed by atoms with van der Waals surface area (Å²) in [6.45, 7) is 5.77. The van der Waals surface area contributed by atoms with Gasteiger partial charge in [0.1, 0.15) is 22.3 Å². The second-order valence-electron chi connectivity index (χ2n) is 7.04. The summed E-state index contributed by atoms with van der Waals surface area (Å²) in [6.07, 6.45) is 1.25. The van der Waals surface area contributed by atoms with E-state index in [2.05, 4.69) is 45.0 Å². The van der Waals surface area contributed by atoms with Crippen molar-refractivity contribution in [1.29, 1.82) is 0 Å². The molecule has 0 spiro atoms. The molecule has 1 aliphatic rings. The van der Waals surface area contributed by atoms with Gasteiger partial charge in [0.2, 0.25) is 0 Å². The van der Waals surface area contributed by atoms with Gasteiger partial charge in [0, 0.05) is 24.2 Å². The number of benzene rings is 2. The molecule has 2 aromatic carbocycles. The summed E-state index contributed by atoms with van der Waals surface area (Å²) >= 11 is 2.30. The highest BCUT2D eigenvalue weighted by Gasteiger charge is 2.17. The number of thiazole rings is 1. The number of likely N-dealkylation sites (tertiary alicyclic amines) is 1. The molecular formula is C21H22F2N4S2. The van der Waals surface area contributed by atoms with Crippen molar-refractivity contribution >= 4 is 34.8 Å². The summed E-state index contributed by atoms with van der Waals surface area (Å²) in [7, 11) is 0. The molecule has 0 unspecified atom stereocenters. The van der Waals surface area contributed by atoms with Crippen LogP contribution in [0.2, 0.25) is 0 Å². The van der Waals surface area contributed by atoms with Crippen LogP contribution in [-0.4, -0.2) is 23.0 Å². The van der Waals surface area contributed by atoms with E-state index in [9.17, 15) is 8.78 Å². The number of rotatable bonds is 8. The molecule has 2 N–H and O–H groups in total. The third-order valence-electron chi connectivity index (χ3n) is 5.01. The number of anilines is 2. The average Bonchev–Trinajstić information content (AvgIpc) is 3.17.